The van der Waals surface area contributed by atoms with Crippen LogP contribution in [0.5, 0.6) is 0 Å². The molecule has 0 radical (unpaired) electrons. The van der Waals surface area contributed by atoms with Gasteiger partial charge >= 0.3 is 12.4 Å². The van der Waals surface area contributed by atoms with Crippen LogP contribution in [0.2, 0.25) is 0 Å². The van der Waals surface area contributed by atoms with Crippen molar-refractivity contribution in [2.45, 2.75) is 18.3 Å². The summed E-state index contributed by atoms with van der Waals surface area (Å²) in [7, 11) is 0. The van der Waals surface area contributed by atoms with Gasteiger partial charge in [-0.05, 0) is 23.8 Å². The number of hydrogen-bond acceptors (Lipinski definition) is 5. The Labute approximate surface area is 163 Å². The molecule has 0 aliphatic rings. The average Bonchev–Trinajstić information content (AvgIpc) is 2.66. The summed E-state index contributed by atoms with van der Waals surface area (Å²) in [5, 5.41) is 19.5. The zero-order valence-corrected chi connectivity index (χ0v) is 14.5. The molecule has 0 N–H and O–H groups in total. The van der Waals surface area contributed by atoms with Gasteiger partial charge in [0.1, 0.15) is 11.6 Å². The summed E-state index contributed by atoms with van der Waals surface area (Å²) in [5.74, 6) is -1.19. The van der Waals surface area contributed by atoms with E-state index in [1.165, 1.54) is 12.1 Å². The number of non-ortho nitro benzene ring substituents is 1. The lowest BCUT2D eigenvalue weighted by molar-refractivity contribution is -0.384. The molecule has 0 amide bonds. The van der Waals surface area contributed by atoms with E-state index in [-0.39, 0.29) is 23.0 Å². The van der Waals surface area contributed by atoms with E-state index in [0.717, 1.165) is 24.3 Å². The van der Waals surface area contributed by atoms with E-state index in [0.29, 0.717) is 0 Å². The standard InChI is InChI=1S/C18H8F6N4O2/c19-17(20,21)13-7-15(18(22,23)24)27-16-11(13)5-6-14(26-16)12(8-25)9-1-3-10(4-2-9)28(29)30/h1-7,12H/t12-/m0/s1. The number of nitro groups is 1. The van der Waals surface area contributed by atoms with Crippen molar-refractivity contribution in [3.8, 4) is 6.07 Å². The van der Waals surface area contributed by atoms with Gasteiger partial charge in [0.25, 0.3) is 5.69 Å². The number of nitro benzene ring substituents is 1. The van der Waals surface area contributed by atoms with Gasteiger partial charge in [-0.1, -0.05) is 12.1 Å². The molecule has 1 aromatic carbocycles. The van der Waals surface area contributed by atoms with Crippen LogP contribution in [0.1, 0.15) is 28.4 Å². The molecule has 0 bridgehead atoms. The number of pyridine rings is 2. The highest BCUT2D eigenvalue weighted by Crippen LogP contribution is 2.38. The van der Waals surface area contributed by atoms with Crippen LogP contribution in [-0.2, 0) is 12.4 Å². The molecule has 0 aliphatic heterocycles. The predicted octanol–water partition coefficient (Wildman–Crippen LogP) is 5.23. The van der Waals surface area contributed by atoms with Gasteiger partial charge < -0.3 is 0 Å². The third-order valence-corrected chi connectivity index (χ3v) is 4.15. The summed E-state index contributed by atoms with van der Waals surface area (Å²) in [6.07, 6.45) is -10.2. The van der Waals surface area contributed by atoms with E-state index >= 15 is 0 Å². The SMILES string of the molecule is N#C[C@@H](c1ccc([N+](=O)[O-])cc1)c1ccc2c(C(F)(F)F)cc(C(F)(F)F)nc2n1. The monoisotopic (exact) mass is 426 g/mol. The van der Waals surface area contributed by atoms with Crippen molar-refractivity contribution in [2.24, 2.45) is 0 Å². The van der Waals surface area contributed by atoms with Crippen LogP contribution in [0.4, 0.5) is 32.0 Å². The molecule has 1 atom stereocenters. The zero-order chi connectivity index (χ0) is 22.3. The van der Waals surface area contributed by atoms with Crippen molar-refractivity contribution in [3.63, 3.8) is 0 Å². The fourth-order valence-electron chi connectivity index (χ4n) is 2.76. The largest absolute Gasteiger partial charge is 0.433 e. The molecule has 0 saturated carbocycles. The fraction of sp³-hybridized carbons (Fsp3) is 0.167. The second-order valence-electron chi connectivity index (χ2n) is 6.07. The number of nitriles is 1. The van der Waals surface area contributed by atoms with E-state index in [9.17, 15) is 41.7 Å². The lowest BCUT2D eigenvalue weighted by Gasteiger charge is -2.15. The minimum absolute atomic E-state index is 0.0954. The number of rotatable bonds is 3. The van der Waals surface area contributed by atoms with Gasteiger partial charge in [-0.3, -0.25) is 10.1 Å². The van der Waals surface area contributed by atoms with Crippen molar-refractivity contribution in [2.75, 3.05) is 0 Å². The Morgan fingerprint density at radius 3 is 2.10 bits per heavy atom. The lowest BCUT2D eigenvalue weighted by atomic mass is 9.96. The van der Waals surface area contributed by atoms with Gasteiger partial charge in [0.2, 0.25) is 0 Å². The maximum atomic E-state index is 13.2. The molecule has 3 aromatic rings. The number of benzene rings is 1. The number of fused-ring (bicyclic) bond motifs is 1. The molecule has 0 spiro atoms. The zero-order valence-electron chi connectivity index (χ0n) is 14.5. The van der Waals surface area contributed by atoms with Crippen molar-refractivity contribution in [1.82, 2.24) is 9.97 Å². The summed E-state index contributed by atoms with van der Waals surface area (Å²) >= 11 is 0. The third kappa shape index (κ3) is 4.00. The van der Waals surface area contributed by atoms with Crippen molar-refractivity contribution in [1.29, 1.82) is 5.26 Å². The van der Waals surface area contributed by atoms with E-state index in [1.807, 2.05) is 6.07 Å². The molecule has 0 aliphatic carbocycles. The molecule has 0 unspecified atom stereocenters. The number of aromatic nitrogens is 2. The van der Waals surface area contributed by atoms with Crippen LogP contribution in [0.3, 0.4) is 0 Å². The highest BCUT2D eigenvalue weighted by Gasteiger charge is 2.39. The fourth-order valence-corrected chi connectivity index (χ4v) is 2.76. The third-order valence-electron chi connectivity index (χ3n) is 4.15. The Morgan fingerprint density at radius 1 is 0.967 bits per heavy atom. The number of nitrogens with zero attached hydrogens (tertiary/aromatic N) is 4. The van der Waals surface area contributed by atoms with Crippen LogP contribution < -0.4 is 0 Å². The Hall–Kier alpha value is -3.75. The van der Waals surface area contributed by atoms with E-state index in [2.05, 4.69) is 9.97 Å². The van der Waals surface area contributed by atoms with E-state index in [4.69, 9.17) is 0 Å². The maximum absolute atomic E-state index is 13.2. The summed E-state index contributed by atoms with van der Waals surface area (Å²) in [6, 6.07) is 8.43. The minimum Gasteiger partial charge on any atom is -0.258 e. The highest BCUT2D eigenvalue weighted by atomic mass is 19.4. The molecule has 154 valence electrons. The summed E-state index contributed by atoms with van der Waals surface area (Å²) in [5.41, 5.74) is -4.33. The van der Waals surface area contributed by atoms with Gasteiger partial charge in [0.05, 0.1) is 22.2 Å². The molecule has 2 aromatic heterocycles. The molecule has 30 heavy (non-hydrogen) atoms. The first kappa shape index (κ1) is 21.0. The number of alkyl halides is 6. The van der Waals surface area contributed by atoms with Crippen LogP contribution in [0.15, 0.2) is 42.5 Å². The summed E-state index contributed by atoms with van der Waals surface area (Å²) in [4.78, 5) is 17.0. The van der Waals surface area contributed by atoms with Gasteiger partial charge in [0, 0.05) is 17.5 Å². The van der Waals surface area contributed by atoms with Crippen molar-refractivity contribution < 1.29 is 31.3 Å². The topological polar surface area (TPSA) is 92.7 Å². The first-order valence-corrected chi connectivity index (χ1v) is 8.02. The molecule has 0 fully saturated rings. The Morgan fingerprint density at radius 2 is 1.60 bits per heavy atom. The first-order chi connectivity index (χ1) is 13.9. The van der Waals surface area contributed by atoms with Crippen LogP contribution in [-0.4, -0.2) is 14.9 Å². The summed E-state index contributed by atoms with van der Waals surface area (Å²) < 4.78 is 78.8. The van der Waals surface area contributed by atoms with Crippen molar-refractivity contribution in [3.05, 3.63) is 75.1 Å². The molecule has 0 saturated heterocycles. The van der Waals surface area contributed by atoms with Gasteiger partial charge in [-0.15, -0.1) is 0 Å². The smallest absolute Gasteiger partial charge is 0.258 e. The summed E-state index contributed by atoms with van der Waals surface area (Å²) in [6.45, 7) is 0. The molecule has 12 heteroatoms. The van der Waals surface area contributed by atoms with Crippen LogP contribution in [0.25, 0.3) is 11.0 Å². The molecular weight excluding hydrogens is 418 g/mol. The lowest BCUT2D eigenvalue weighted by Crippen LogP contribution is -2.14. The molecule has 2 heterocycles. The average molecular weight is 426 g/mol. The van der Waals surface area contributed by atoms with Crippen LogP contribution >= 0.6 is 0 Å². The Bertz CT molecular complexity index is 1170. The molecule has 3 rings (SSSR count). The number of halogens is 6. The molecular formula is C18H8F6N4O2. The Kier molecular flexibility index (Phi) is 5.07. The van der Waals surface area contributed by atoms with Gasteiger partial charge in [-0.25, -0.2) is 9.97 Å². The molecule has 6 nitrogen and oxygen atoms in total. The van der Waals surface area contributed by atoms with Gasteiger partial charge in [-0.2, -0.15) is 31.6 Å². The quantitative estimate of drug-likeness (QED) is 0.325. The normalized spacial score (nSPS) is 13.1. The second kappa shape index (κ2) is 7.25. The predicted molar refractivity (Wildman–Crippen MR) is 90.1 cm³/mol. The van der Waals surface area contributed by atoms with E-state index in [1.54, 1.807) is 0 Å². The minimum atomic E-state index is -5.14. The number of hydrogen-bond donors (Lipinski definition) is 0. The maximum Gasteiger partial charge on any atom is 0.433 e. The highest BCUT2D eigenvalue weighted by molar-refractivity contribution is 5.80. The van der Waals surface area contributed by atoms with Crippen molar-refractivity contribution >= 4 is 16.7 Å². The van der Waals surface area contributed by atoms with Crippen LogP contribution in [0, 0.1) is 21.4 Å². The second-order valence-corrected chi connectivity index (χ2v) is 6.07. The Balaban J connectivity index is 2.17. The van der Waals surface area contributed by atoms with E-state index < -0.39 is 45.5 Å². The van der Waals surface area contributed by atoms with Gasteiger partial charge in [0.15, 0.2) is 5.65 Å². The first-order valence-electron chi connectivity index (χ1n) is 8.02.